The smallest absolute Gasteiger partial charge is 0.287 e. The monoisotopic (exact) mass is 396 g/mol. The summed E-state index contributed by atoms with van der Waals surface area (Å²) >= 11 is 1.34. The van der Waals surface area contributed by atoms with Crippen LogP contribution in [0.15, 0.2) is 69.2 Å². The van der Waals surface area contributed by atoms with Crippen molar-refractivity contribution in [2.75, 3.05) is 6.54 Å². The lowest BCUT2D eigenvalue weighted by Crippen LogP contribution is -2.40. The second kappa shape index (κ2) is 7.85. The molecule has 2 aromatic carbocycles. The van der Waals surface area contributed by atoms with Crippen LogP contribution in [0.3, 0.4) is 0 Å². The number of hydrogen-bond acceptors (Lipinski definition) is 6. The zero-order valence-corrected chi connectivity index (χ0v) is 15.8. The molecule has 1 aliphatic rings. The number of oxazole rings is 1. The minimum absolute atomic E-state index is 0.117. The van der Waals surface area contributed by atoms with Gasteiger partial charge in [0.1, 0.15) is 12.1 Å². The molecule has 4 rings (SSSR count). The largest absolute Gasteiger partial charge is 0.448 e. The Morgan fingerprint density at radius 1 is 1.32 bits per heavy atom. The van der Waals surface area contributed by atoms with E-state index in [1.54, 1.807) is 18.2 Å². The summed E-state index contributed by atoms with van der Waals surface area (Å²) in [5.74, 6) is -0.785. The molecule has 0 aliphatic carbocycles. The van der Waals surface area contributed by atoms with Crippen LogP contribution in [-0.2, 0) is 4.79 Å². The van der Waals surface area contributed by atoms with Crippen LogP contribution in [-0.4, -0.2) is 23.3 Å². The average Bonchev–Trinajstić information content (AvgIpc) is 3.23. The number of nitrogens with one attached hydrogen (secondary N) is 2. The minimum atomic E-state index is -0.549. The van der Waals surface area contributed by atoms with Crippen molar-refractivity contribution >= 4 is 29.4 Å². The van der Waals surface area contributed by atoms with Gasteiger partial charge in [-0.05, 0) is 42.6 Å². The molecule has 0 spiro atoms. The maximum absolute atomic E-state index is 14.3. The quantitative estimate of drug-likeness (QED) is 0.643. The van der Waals surface area contributed by atoms with E-state index in [4.69, 9.17) is 4.42 Å². The van der Waals surface area contributed by atoms with E-state index < -0.39 is 5.92 Å². The van der Waals surface area contributed by atoms with Crippen molar-refractivity contribution in [1.29, 1.82) is 0 Å². The SMILES string of the molecule is Cc1ccc2c(c1)SNC(C(=O)NCC(c1ncco1)c1ccccc1F)=N2. The van der Waals surface area contributed by atoms with Gasteiger partial charge in [0, 0.05) is 12.1 Å². The second-order valence-electron chi connectivity index (χ2n) is 6.29. The molecular formula is C20H17FN4O2S. The van der Waals surface area contributed by atoms with E-state index in [-0.39, 0.29) is 24.1 Å². The number of carbonyl (C=O) groups excluding carboxylic acids is 1. The Bertz CT molecular complexity index is 1040. The number of aryl methyl sites for hydroxylation is 1. The van der Waals surface area contributed by atoms with E-state index in [0.29, 0.717) is 11.5 Å². The number of benzene rings is 2. The number of amides is 1. The highest BCUT2D eigenvalue weighted by molar-refractivity contribution is 7.98. The number of hydrogen-bond donors (Lipinski definition) is 2. The summed E-state index contributed by atoms with van der Waals surface area (Å²) in [4.78, 5) is 22.1. The maximum atomic E-state index is 14.3. The molecule has 1 atom stereocenters. The molecule has 2 N–H and O–H groups in total. The number of carbonyl (C=O) groups is 1. The molecule has 8 heteroatoms. The van der Waals surface area contributed by atoms with E-state index in [1.165, 1.54) is 30.5 Å². The first-order chi connectivity index (χ1) is 13.6. The summed E-state index contributed by atoms with van der Waals surface area (Å²) in [6.45, 7) is 2.12. The molecule has 1 aromatic heterocycles. The molecule has 28 heavy (non-hydrogen) atoms. The summed E-state index contributed by atoms with van der Waals surface area (Å²) in [6.07, 6.45) is 2.92. The van der Waals surface area contributed by atoms with E-state index in [1.807, 2.05) is 25.1 Å². The van der Waals surface area contributed by atoms with Gasteiger partial charge in [0.2, 0.25) is 11.7 Å². The third kappa shape index (κ3) is 3.77. The minimum Gasteiger partial charge on any atom is -0.448 e. The normalized spacial score (nSPS) is 13.9. The number of halogens is 1. The highest BCUT2D eigenvalue weighted by Gasteiger charge is 2.24. The summed E-state index contributed by atoms with van der Waals surface area (Å²) in [7, 11) is 0. The molecule has 2 heterocycles. The lowest BCUT2D eigenvalue weighted by atomic mass is 9.98. The lowest BCUT2D eigenvalue weighted by molar-refractivity contribution is -0.115. The molecule has 0 fully saturated rings. The van der Waals surface area contributed by atoms with Crippen LogP contribution in [0, 0.1) is 12.7 Å². The van der Waals surface area contributed by atoms with Crippen molar-refractivity contribution in [3.8, 4) is 0 Å². The molecule has 1 unspecified atom stereocenters. The molecule has 0 saturated carbocycles. The van der Waals surface area contributed by atoms with Gasteiger partial charge in [-0.15, -0.1) is 0 Å². The third-order valence-electron chi connectivity index (χ3n) is 4.32. The second-order valence-corrected chi connectivity index (χ2v) is 7.14. The number of aromatic nitrogens is 1. The molecule has 0 saturated heterocycles. The fraction of sp³-hybridized carbons (Fsp3) is 0.150. The number of rotatable bonds is 5. The lowest BCUT2D eigenvalue weighted by Gasteiger charge is -2.19. The first kappa shape index (κ1) is 18.2. The molecule has 6 nitrogen and oxygen atoms in total. The van der Waals surface area contributed by atoms with E-state index in [0.717, 1.165) is 16.1 Å². The molecule has 0 bridgehead atoms. The Morgan fingerprint density at radius 2 is 2.18 bits per heavy atom. The average molecular weight is 396 g/mol. The van der Waals surface area contributed by atoms with Crippen molar-refractivity contribution in [1.82, 2.24) is 15.0 Å². The number of fused-ring (bicyclic) bond motifs is 1. The molecular weight excluding hydrogens is 379 g/mol. The Hall–Kier alpha value is -3.13. The standard InChI is InChI=1S/C20H17FN4O2S/c1-12-6-7-16-17(10-12)28-25-18(24-16)19(26)23-11-14(20-22-8-9-27-20)13-4-2-3-5-15(13)21/h2-10,14H,11H2,1H3,(H,23,26)(H,24,25). The topological polar surface area (TPSA) is 79.5 Å². The molecule has 1 amide bonds. The van der Waals surface area contributed by atoms with Crippen LogP contribution in [0.2, 0.25) is 0 Å². The van der Waals surface area contributed by atoms with Gasteiger partial charge in [0.05, 0.1) is 22.7 Å². The number of amidine groups is 1. The van der Waals surface area contributed by atoms with Gasteiger partial charge in [-0.3, -0.25) is 4.79 Å². The van der Waals surface area contributed by atoms with Crippen LogP contribution in [0.4, 0.5) is 10.1 Å². The zero-order chi connectivity index (χ0) is 19.5. The first-order valence-electron chi connectivity index (χ1n) is 8.66. The first-order valence-corrected chi connectivity index (χ1v) is 9.47. The summed E-state index contributed by atoms with van der Waals surface area (Å²) in [5, 5.41) is 2.80. The molecule has 142 valence electrons. The van der Waals surface area contributed by atoms with Crippen LogP contribution < -0.4 is 10.0 Å². The summed E-state index contributed by atoms with van der Waals surface area (Å²) < 4.78 is 22.6. The molecule has 3 aromatic rings. The van der Waals surface area contributed by atoms with Crippen molar-refractivity contribution in [3.63, 3.8) is 0 Å². The highest BCUT2D eigenvalue weighted by atomic mass is 32.2. The number of nitrogens with zero attached hydrogens (tertiary/aromatic N) is 2. The third-order valence-corrected chi connectivity index (χ3v) is 5.16. The van der Waals surface area contributed by atoms with Gasteiger partial charge >= 0.3 is 0 Å². The van der Waals surface area contributed by atoms with Gasteiger partial charge in [-0.2, -0.15) is 0 Å². The van der Waals surface area contributed by atoms with Crippen molar-refractivity contribution in [2.24, 2.45) is 4.99 Å². The van der Waals surface area contributed by atoms with Crippen molar-refractivity contribution in [2.45, 2.75) is 17.7 Å². The summed E-state index contributed by atoms with van der Waals surface area (Å²) in [6, 6.07) is 12.2. The van der Waals surface area contributed by atoms with E-state index in [9.17, 15) is 9.18 Å². The van der Waals surface area contributed by atoms with Crippen LogP contribution in [0.25, 0.3) is 0 Å². The maximum Gasteiger partial charge on any atom is 0.287 e. The van der Waals surface area contributed by atoms with Gasteiger partial charge in [0.15, 0.2) is 0 Å². The van der Waals surface area contributed by atoms with Gasteiger partial charge in [-0.25, -0.2) is 14.4 Å². The van der Waals surface area contributed by atoms with E-state index >= 15 is 0 Å². The highest BCUT2D eigenvalue weighted by Crippen LogP contribution is 2.32. The van der Waals surface area contributed by atoms with Gasteiger partial charge in [-0.1, -0.05) is 24.3 Å². The van der Waals surface area contributed by atoms with E-state index in [2.05, 4.69) is 20.0 Å². The van der Waals surface area contributed by atoms with Crippen LogP contribution in [0.5, 0.6) is 0 Å². The Labute approximate surface area is 165 Å². The molecule has 0 radical (unpaired) electrons. The zero-order valence-electron chi connectivity index (χ0n) is 15.0. The summed E-state index contributed by atoms with van der Waals surface area (Å²) in [5.41, 5.74) is 2.26. The fourth-order valence-corrected chi connectivity index (χ4v) is 3.72. The number of aliphatic imine (C=N–C) groups is 1. The Kier molecular flexibility index (Phi) is 5.12. The van der Waals surface area contributed by atoms with Crippen molar-refractivity contribution < 1.29 is 13.6 Å². The van der Waals surface area contributed by atoms with Crippen LogP contribution in [0.1, 0.15) is 22.9 Å². The van der Waals surface area contributed by atoms with Gasteiger partial charge < -0.3 is 14.5 Å². The van der Waals surface area contributed by atoms with Crippen LogP contribution >= 0.6 is 11.9 Å². The predicted octanol–water partition coefficient (Wildman–Crippen LogP) is 3.71. The van der Waals surface area contributed by atoms with Gasteiger partial charge in [0.25, 0.3) is 5.91 Å². The fourth-order valence-electron chi connectivity index (χ4n) is 2.91. The Balaban J connectivity index is 1.52. The molecule has 1 aliphatic heterocycles. The predicted molar refractivity (Wildman–Crippen MR) is 105 cm³/mol. The van der Waals surface area contributed by atoms with Crippen molar-refractivity contribution in [3.05, 3.63) is 77.8 Å². The Morgan fingerprint density at radius 3 is 2.96 bits per heavy atom.